The first kappa shape index (κ1) is 17.6. The molecule has 144 valence electrons. The summed E-state index contributed by atoms with van der Waals surface area (Å²) >= 11 is 6.13. The average molecular weight is 396 g/mol. The summed E-state index contributed by atoms with van der Waals surface area (Å²) in [6, 6.07) is 11.2. The smallest absolute Gasteiger partial charge is 0.226 e. The van der Waals surface area contributed by atoms with Crippen LogP contribution in [0.1, 0.15) is 18.4 Å². The topological polar surface area (TPSA) is 49.8 Å². The molecule has 0 aromatic heterocycles. The van der Waals surface area contributed by atoms with Crippen molar-refractivity contribution in [3.8, 4) is 22.6 Å². The minimum atomic E-state index is 0.0845. The number of benzene rings is 2. The molecule has 1 aliphatic heterocycles. The lowest BCUT2D eigenvalue weighted by Crippen LogP contribution is -2.38. The Morgan fingerprint density at radius 2 is 2.04 bits per heavy atom. The zero-order chi connectivity index (χ0) is 19.3. The molecule has 2 aliphatic carbocycles. The summed E-state index contributed by atoms with van der Waals surface area (Å²) in [5.74, 6) is 1.82. The van der Waals surface area contributed by atoms with Crippen molar-refractivity contribution in [3.63, 3.8) is 0 Å². The number of allylic oxidation sites excluding steroid dienone is 2. The first-order valence-electron chi connectivity index (χ1n) is 9.80. The third-order valence-corrected chi connectivity index (χ3v) is 6.42. The van der Waals surface area contributed by atoms with Crippen molar-refractivity contribution >= 4 is 17.5 Å². The van der Waals surface area contributed by atoms with E-state index in [-0.39, 0.29) is 17.6 Å². The lowest BCUT2D eigenvalue weighted by Gasteiger charge is -2.26. The van der Waals surface area contributed by atoms with Gasteiger partial charge in [-0.3, -0.25) is 4.79 Å². The fraction of sp³-hybridized carbons (Fsp3) is 0.348. The van der Waals surface area contributed by atoms with Gasteiger partial charge in [-0.15, -0.1) is 0 Å². The van der Waals surface area contributed by atoms with Crippen LogP contribution in [-0.4, -0.2) is 29.1 Å². The predicted octanol–water partition coefficient (Wildman–Crippen LogP) is 4.65. The van der Waals surface area contributed by atoms with Crippen LogP contribution >= 0.6 is 11.6 Å². The standard InChI is InChI=1S/C23H22ClNO3/c24-19-3-1-2-15(11-19)17-10-18-13-25(6-7-28-22(18)21(26)12-17)23(27)20-9-14-4-5-16(20)8-14/h1-5,10-12,14,16,20,26H,6-9,13H2/t14-,16+,20-/m1/s1. The summed E-state index contributed by atoms with van der Waals surface area (Å²) in [6.45, 7) is 1.38. The molecule has 1 N–H and O–H groups in total. The van der Waals surface area contributed by atoms with Gasteiger partial charge in [-0.25, -0.2) is 0 Å². The first-order chi connectivity index (χ1) is 13.6. The number of carbonyl (C=O) groups excluding carboxylic acids is 1. The third kappa shape index (κ3) is 3.06. The number of aromatic hydroxyl groups is 1. The molecule has 5 rings (SSSR count). The third-order valence-electron chi connectivity index (χ3n) is 6.18. The lowest BCUT2D eigenvalue weighted by atomic mass is 9.92. The highest BCUT2D eigenvalue weighted by Gasteiger charge is 2.41. The van der Waals surface area contributed by atoms with Crippen molar-refractivity contribution in [1.82, 2.24) is 4.90 Å². The number of rotatable bonds is 2. The fourth-order valence-electron chi connectivity index (χ4n) is 4.82. The molecule has 0 spiro atoms. The Hall–Kier alpha value is -2.46. The molecule has 0 saturated heterocycles. The Kier molecular flexibility index (Phi) is 4.31. The van der Waals surface area contributed by atoms with Gasteiger partial charge < -0.3 is 14.7 Å². The number of hydrogen-bond acceptors (Lipinski definition) is 3. The summed E-state index contributed by atoms with van der Waals surface area (Å²) in [6.07, 6.45) is 6.53. The number of amides is 1. The van der Waals surface area contributed by atoms with Crippen LogP contribution in [0.15, 0.2) is 48.6 Å². The number of nitrogens with zero attached hydrogens (tertiary/aromatic N) is 1. The minimum Gasteiger partial charge on any atom is -0.504 e. The highest BCUT2D eigenvalue weighted by Crippen LogP contribution is 2.45. The Balaban J connectivity index is 1.45. The number of phenols is 1. The van der Waals surface area contributed by atoms with E-state index in [4.69, 9.17) is 16.3 Å². The lowest BCUT2D eigenvalue weighted by molar-refractivity contribution is -0.137. The average Bonchev–Trinajstić information content (AvgIpc) is 3.25. The highest BCUT2D eigenvalue weighted by atomic mass is 35.5. The highest BCUT2D eigenvalue weighted by molar-refractivity contribution is 6.30. The van der Waals surface area contributed by atoms with Crippen LogP contribution in [0.3, 0.4) is 0 Å². The van der Waals surface area contributed by atoms with Crippen LogP contribution in [0, 0.1) is 17.8 Å². The van der Waals surface area contributed by atoms with Gasteiger partial charge >= 0.3 is 0 Å². The normalized spacial score (nSPS) is 25.3. The second-order valence-corrected chi connectivity index (χ2v) is 8.43. The number of phenolic OH excluding ortho intramolecular Hbond substituents is 1. The molecule has 1 amide bonds. The van der Waals surface area contributed by atoms with E-state index in [9.17, 15) is 9.90 Å². The second kappa shape index (κ2) is 6.85. The van der Waals surface area contributed by atoms with Crippen molar-refractivity contribution in [3.05, 3.63) is 59.1 Å². The van der Waals surface area contributed by atoms with E-state index in [2.05, 4.69) is 12.2 Å². The molecule has 3 aliphatic rings. The summed E-state index contributed by atoms with van der Waals surface area (Å²) in [7, 11) is 0. The molecule has 2 aromatic rings. The maximum Gasteiger partial charge on any atom is 0.226 e. The molecule has 1 heterocycles. The van der Waals surface area contributed by atoms with E-state index in [0.29, 0.717) is 42.3 Å². The Morgan fingerprint density at radius 1 is 1.14 bits per heavy atom. The van der Waals surface area contributed by atoms with E-state index in [1.165, 1.54) is 0 Å². The zero-order valence-electron chi connectivity index (χ0n) is 15.5. The Labute approximate surface area is 169 Å². The van der Waals surface area contributed by atoms with Crippen molar-refractivity contribution in [2.24, 2.45) is 17.8 Å². The van der Waals surface area contributed by atoms with Gasteiger partial charge in [-0.1, -0.05) is 35.9 Å². The Morgan fingerprint density at radius 3 is 2.79 bits per heavy atom. The van der Waals surface area contributed by atoms with Gasteiger partial charge in [0.15, 0.2) is 11.5 Å². The summed E-state index contributed by atoms with van der Waals surface area (Å²) in [4.78, 5) is 15.1. The summed E-state index contributed by atoms with van der Waals surface area (Å²) < 4.78 is 5.81. The maximum absolute atomic E-state index is 13.2. The number of ether oxygens (including phenoxy) is 1. The van der Waals surface area contributed by atoms with Gasteiger partial charge in [0.25, 0.3) is 0 Å². The van der Waals surface area contributed by atoms with Crippen LogP contribution in [0.5, 0.6) is 11.5 Å². The SMILES string of the molecule is O=C([C@@H]1C[C@@H]2C=C[C@H]1C2)N1CCOc2c(O)cc(-c3cccc(Cl)c3)cc2C1. The molecule has 28 heavy (non-hydrogen) atoms. The molecule has 0 unspecified atom stereocenters. The van der Waals surface area contributed by atoms with Gasteiger partial charge in [0.1, 0.15) is 6.61 Å². The van der Waals surface area contributed by atoms with Gasteiger partial charge in [0.2, 0.25) is 5.91 Å². The Bertz CT molecular complexity index is 970. The van der Waals surface area contributed by atoms with Gasteiger partial charge in [0.05, 0.1) is 6.54 Å². The van der Waals surface area contributed by atoms with E-state index in [1.54, 1.807) is 6.07 Å². The molecule has 1 fully saturated rings. The molecule has 2 aromatic carbocycles. The number of carbonyl (C=O) groups is 1. The number of halogens is 1. The number of hydrogen-bond donors (Lipinski definition) is 1. The van der Waals surface area contributed by atoms with Crippen LogP contribution < -0.4 is 4.74 Å². The maximum atomic E-state index is 13.2. The molecule has 0 radical (unpaired) electrons. The molecule has 4 nitrogen and oxygen atoms in total. The van der Waals surface area contributed by atoms with Crippen LogP contribution in [0.4, 0.5) is 0 Å². The number of fused-ring (bicyclic) bond motifs is 3. The van der Waals surface area contributed by atoms with E-state index < -0.39 is 0 Å². The van der Waals surface area contributed by atoms with E-state index in [1.807, 2.05) is 35.2 Å². The van der Waals surface area contributed by atoms with Crippen molar-refractivity contribution in [2.75, 3.05) is 13.2 Å². The molecule has 5 heteroatoms. The monoisotopic (exact) mass is 395 g/mol. The largest absolute Gasteiger partial charge is 0.504 e. The first-order valence-corrected chi connectivity index (χ1v) is 10.2. The van der Waals surface area contributed by atoms with Crippen molar-refractivity contribution in [2.45, 2.75) is 19.4 Å². The summed E-state index contributed by atoms with van der Waals surface area (Å²) in [5, 5.41) is 11.2. The molecule has 1 saturated carbocycles. The fourth-order valence-corrected chi connectivity index (χ4v) is 5.01. The molecule has 3 atom stereocenters. The van der Waals surface area contributed by atoms with Gasteiger partial charge in [-0.05, 0) is 60.1 Å². The van der Waals surface area contributed by atoms with Crippen LogP contribution in [0.25, 0.3) is 11.1 Å². The summed E-state index contributed by atoms with van der Waals surface area (Å²) in [5.41, 5.74) is 2.62. The van der Waals surface area contributed by atoms with Crippen molar-refractivity contribution in [1.29, 1.82) is 0 Å². The molecular weight excluding hydrogens is 374 g/mol. The van der Waals surface area contributed by atoms with Gasteiger partial charge in [-0.2, -0.15) is 0 Å². The zero-order valence-corrected chi connectivity index (χ0v) is 16.2. The van der Waals surface area contributed by atoms with Crippen LogP contribution in [-0.2, 0) is 11.3 Å². The quantitative estimate of drug-likeness (QED) is 0.753. The molecule has 2 bridgehead atoms. The van der Waals surface area contributed by atoms with E-state index in [0.717, 1.165) is 29.5 Å². The van der Waals surface area contributed by atoms with E-state index >= 15 is 0 Å². The van der Waals surface area contributed by atoms with Crippen molar-refractivity contribution < 1.29 is 14.6 Å². The van der Waals surface area contributed by atoms with Crippen LogP contribution in [0.2, 0.25) is 5.02 Å². The second-order valence-electron chi connectivity index (χ2n) is 7.99. The molecular formula is C23H22ClNO3. The predicted molar refractivity (Wildman–Crippen MR) is 108 cm³/mol. The minimum absolute atomic E-state index is 0.0845. The van der Waals surface area contributed by atoms with Gasteiger partial charge in [0, 0.05) is 23.0 Å².